The number of hydrogen-bond donors (Lipinski definition) is 4. The monoisotopic (exact) mass is 574 g/mol. The number of amides is 2. The molecule has 0 radical (unpaired) electrons. The van der Waals surface area contributed by atoms with Crippen LogP contribution in [0.2, 0.25) is 0 Å². The molecule has 0 bridgehead atoms. The summed E-state index contributed by atoms with van der Waals surface area (Å²) in [5.74, 6) is 1.48. The minimum Gasteiger partial charge on any atom is -0.489 e. The number of pyridine rings is 2. The molecule has 7 rings (SSSR count). The summed E-state index contributed by atoms with van der Waals surface area (Å²) < 4.78 is 13.9. The molecule has 4 heterocycles. The number of aryl methyl sites for hydroxylation is 1. The van der Waals surface area contributed by atoms with E-state index in [0.717, 1.165) is 80.5 Å². The molecular weight excluding hydrogens is 536 g/mol. The van der Waals surface area contributed by atoms with Crippen LogP contribution in [0.1, 0.15) is 96.7 Å². The van der Waals surface area contributed by atoms with Crippen LogP contribution in [0.4, 0.5) is 5.82 Å². The molecule has 3 saturated carbocycles. The molecule has 3 aromatic rings. The second-order valence-electron chi connectivity index (χ2n) is 13.3. The maximum Gasteiger partial charge on any atom is 0.255 e. The van der Waals surface area contributed by atoms with E-state index in [2.05, 4.69) is 20.7 Å². The Morgan fingerprint density at radius 3 is 2.71 bits per heavy atom. The summed E-state index contributed by atoms with van der Waals surface area (Å²) >= 11 is 0. The first-order valence-corrected chi connectivity index (χ1v) is 15.0. The molecule has 3 aliphatic carbocycles. The molecule has 3 aromatic heterocycles. The number of rotatable bonds is 9. The molecule has 3 fully saturated rings. The van der Waals surface area contributed by atoms with Gasteiger partial charge in [0.1, 0.15) is 29.8 Å². The molecule has 0 saturated heterocycles. The highest BCUT2D eigenvalue weighted by molar-refractivity contribution is 6.01. The van der Waals surface area contributed by atoms with Crippen molar-refractivity contribution < 1.29 is 24.2 Å². The maximum atomic E-state index is 13.3. The topological polar surface area (TPSA) is 153 Å². The lowest BCUT2D eigenvalue weighted by Gasteiger charge is -2.57. The highest BCUT2D eigenvalue weighted by Gasteiger charge is 2.54. The zero-order valence-corrected chi connectivity index (χ0v) is 24.1. The summed E-state index contributed by atoms with van der Waals surface area (Å²) in [6.07, 6.45) is 9.08. The van der Waals surface area contributed by atoms with Crippen molar-refractivity contribution in [2.75, 3.05) is 18.5 Å². The Bertz CT molecular complexity index is 1560. The van der Waals surface area contributed by atoms with Gasteiger partial charge in [0, 0.05) is 18.5 Å². The van der Waals surface area contributed by atoms with E-state index in [0.29, 0.717) is 28.7 Å². The number of nitrogens with one attached hydrogen (secondary N) is 2. The smallest absolute Gasteiger partial charge is 0.255 e. The second kappa shape index (κ2) is 9.86. The fraction of sp³-hybridized carbons (Fsp3) is 0.548. The van der Waals surface area contributed by atoms with Crippen LogP contribution in [-0.2, 0) is 6.42 Å². The van der Waals surface area contributed by atoms with Gasteiger partial charge < -0.3 is 30.9 Å². The van der Waals surface area contributed by atoms with Gasteiger partial charge in [0.05, 0.1) is 28.6 Å². The van der Waals surface area contributed by atoms with Gasteiger partial charge in [-0.1, -0.05) is 0 Å². The van der Waals surface area contributed by atoms with Gasteiger partial charge in [-0.2, -0.15) is 10.1 Å². The van der Waals surface area contributed by atoms with E-state index in [1.807, 2.05) is 22.7 Å². The Morgan fingerprint density at radius 1 is 1.21 bits per heavy atom. The molecule has 0 unspecified atom stereocenters. The predicted molar refractivity (Wildman–Crippen MR) is 155 cm³/mol. The molecule has 1 spiro atoms. The first kappa shape index (κ1) is 27.0. The van der Waals surface area contributed by atoms with Crippen molar-refractivity contribution in [1.82, 2.24) is 19.9 Å². The van der Waals surface area contributed by atoms with Crippen molar-refractivity contribution in [2.24, 2.45) is 11.1 Å². The Morgan fingerprint density at radius 2 is 2.00 bits per heavy atom. The van der Waals surface area contributed by atoms with Gasteiger partial charge >= 0.3 is 0 Å². The highest BCUT2D eigenvalue weighted by atomic mass is 16.5. The summed E-state index contributed by atoms with van der Waals surface area (Å²) in [6.45, 7) is 4.45. The lowest BCUT2D eigenvalue weighted by molar-refractivity contribution is -0.0847. The molecule has 1 aliphatic heterocycles. The van der Waals surface area contributed by atoms with Gasteiger partial charge in [-0.05, 0) is 94.4 Å². The minimum absolute atomic E-state index is 0.0258. The zero-order valence-electron chi connectivity index (χ0n) is 24.1. The quantitative estimate of drug-likeness (QED) is 0.304. The number of aromatic nitrogens is 3. The molecule has 0 atom stereocenters. The third-order valence-electron chi connectivity index (χ3n) is 9.01. The van der Waals surface area contributed by atoms with E-state index >= 15 is 0 Å². The van der Waals surface area contributed by atoms with Crippen LogP contribution in [0, 0.1) is 5.41 Å². The number of carbonyl (C=O) groups is 2. The zero-order chi connectivity index (χ0) is 29.2. The standard InChI is InChI=1S/C31H38N6O5/c1-30(2,40)16-41-24-8-7-23-22(15-34-37(23)25(24)17-5-6-17)28(39)35-19-11-31(12-19)13-20(14-31)42-29-21(26(32)38)10-18-4-3-9-33-27(18)36-29/h7-8,10,15,17,19-20,40H,3-6,9,11-14,16H2,1-2H3,(H2,32,38)(H,33,36)(H,35,39). The summed E-state index contributed by atoms with van der Waals surface area (Å²) in [5, 5.41) is 21.2. The van der Waals surface area contributed by atoms with Crippen molar-refractivity contribution in [3.05, 3.63) is 46.8 Å². The average Bonchev–Trinajstić information content (AvgIpc) is 3.65. The van der Waals surface area contributed by atoms with Crippen LogP contribution in [0.5, 0.6) is 11.6 Å². The molecule has 5 N–H and O–H groups in total. The number of nitrogens with zero attached hydrogens (tertiary/aromatic N) is 3. The number of carbonyl (C=O) groups excluding carboxylic acids is 2. The fourth-order valence-electron chi connectivity index (χ4n) is 6.80. The van der Waals surface area contributed by atoms with Gasteiger partial charge in [-0.25, -0.2) is 4.52 Å². The molecule has 2 amide bonds. The van der Waals surface area contributed by atoms with Gasteiger partial charge in [0.25, 0.3) is 11.8 Å². The van der Waals surface area contributed by atoms with E-state index in [9.17, 15) is 14.7 Å². The van der Waals surface area contributed by atoms with Crippen LogP contribution in [0.25, 0.3) is 5.52 Å². The Labute approximate surface area is 244 Å². The third-order valence-corrected chi connectivity index (χ3v) is 9.01. The van der Waals surface area contributed by atoms with E-state index in [1.54, 1.807) is 20.0 Å². The molecule has 11 nitrogen and oxygen atoms in total. The van der Waals surface area contributed by atoms with E-state index in [-0.39, 0.29) is 30.1 Å². The predicted octanol–water partition coefficient (Wildman–Crippen LogP) is 3.33. The Kier molecular flexibility index (Phi) is 6.34. The van der Waals surface area contributed by atoms with Gasteiger partial charge in [-0.3, -0.25) is 9.59 Å². The number of nitrogens with two attached hydrogens (primary N) is 1. The van der Waals surface area contributed by atoms with Crippen molar-refractivity contribution in [3.63, 3.8) is 0 Å². The van der Waals surface area contributed by atoms with Crippen LogP contribution in [0.3, 0.4) is 0 Å². The van der Waals surface area contributed by atoms with E-state index in [1.165, 1.54) is 0 Å². The molecule has 0 aromatic carbocycles. The number of anilines is 1. The SMILES string of the molecule is CC(C)(O)COc1ccc2c(C(=O)NC3CC4(C3)CC(Oc3nc5c(cc3C(N)=O)CCCN5)C4)cnn2c1C1CC1. The van der Waals surface area contributed by atoms with E-state index < -0.39 is 11.5 Å². The first-order chi connectivity index (χ1) is 20.1. The molecule has 222 valence electrons. The minimum atomic E-state index is -0.945. The van der Waals surface area contributed by atoms with Crippen LogP contribution in [0.15, 0.2) is 24.4 Å². The highest BCUT2D eigenvalue weighted by Crippen LogP contribution is 2.57. The van der Waals surface area contributed by atoms with Crippen LogP contribution in [-0.4, -0.2) is 62.4 Å². The summed E-state index contributed by atoms with van der Waals surface area (Å²) in [7, 11) is 0. The lowest BCUT2D eigenvalue weighted by Crippen LogP contribution is -2.58. The Balaban J connectivity index is 0.970. The van der Waals surface area contributed by atoms with Crippen molar-refractivity contribution in [1.29, 1.82) is 0 Å². The van der Waals surface area contributed by atoms with Crippen molar-refractivity contribution in [2.45, 2.75) is 88.9 Å². The lowest BCUT2D eigenvalue weighted by atomic mass is 9.53. The number of aliphatic hydroxyl groups is 1. The maximum absolute atomic E-state index is 13.3. The third kappa shape index (κ3) is 5.04. The molecule has 42 heavy (non-hydrogen) atoms. The van der Waals surface area contributed by atoms with Crippen LogP contribution >= 0.6 is 0 Å². The largest absolute Gasteiger partial charge is 0.489 e. The molecule has 4 aliphatic rings. The van der Waals surface area contributed by atoms with Crippen molar-refractivity contribution in [3.8, 4) is 11.6 Å². The fourth-order valence-corrected chi connectivity index (χ4v) is 6.80. The molecule has 11 heteroatoms. The normalized spacial score (nSPS) is 24.7. The van der Waals surface area contributed by atoms with Crippen molar-refractivity contribution >= 4 is 23.1 Å². The summed E-state index contributed by atoms with van der Waals surface area (Å²) in [4.78, 5) is 29.9. The number of primary amides is 1. The second-order valence-corrected chi connectivity index (χ2v) is 13.3. The average molecular weight is 575 g/mol. The van der Waals surface area contributed by atoms with Gasteiger partial charge in [0.15, 0.2) is 0 Å². The van der Waals surface area contributed by atoms with Gasteiger partial charge in [-0.15, -0.1) is 0 Å². The summed E-state index contributed by atoms with van der Waals surface area (Å²) in [5.41, 5.74) is 8.44. The van der Waals surface area contributed by atoms with Crippen LogP contribution < -0.4 is 25.8 Å². The Hall–Kier alpha value is -3.86. The first-order valence-electron chi connectivity index (χ1n) is 15.0. The number of ether oxygens (including phenoxy) is 2. The summed E-state index contributed by atoms with van der Waals surface area (Å²) in [6, 6.07) is 5.66. The number of fused-ring (bicyclic) bond motifs is 2. The molecular formula is C31H38N6O5. The van der Waals surface area contributed by atoms with E-state index in [4.69, 9.17) is 15.2 Å². The van der Waals surface area contributed by atoms with Gasteiger partial charge in [0.2, 0.25) is 5.88 Å². The number of hydrogen-bond acceptors (Lipinski definition) is 8.